The summed E-state index contributed by atoms with van der Waals surface area (Å²) in [5, 5.41) is 3.02. The molecule has 0 saturated carbocycles. The van der Waals surface area contributed by atoms with Gasteiger partial charge < -0.3 is 5.32 Å². The monoisotopic (exact) mass is 367 g/mol. The van der Waals surface area contributed by atoms with Gasteiger partial charge in [0.25, 0.3) is 10.2 Å². The minimum atomic E-state index is -3.48. The maximum atomic E-state index is 12.7. The lowest BCUT2D eigenvalue weighted by atomic mass is 9.98. The Morgan fingerprint density at radius 2 is 1.92 bits per heavy atom. The van der Waals surface area contributed by atoms with Crippen LogP contribution in [0.2, 0.25) is 0 Å². The van der Waals surface area contributed by atoms with Crippen molar-refractivity contribution in [1.29, 1.82) is 0 Å². The minimum absolute atomic E-state index is 0.0733. The third-order valence-electron chi connectivity index (χ3n) is 4.77. The number of amides is 1. The molecule has 2 atom stereocenters. The van der Waals surface area contributed by atoms with Crippen molar-refractivity contribution < 1.29 is 13.2 Å². The van der Waals surface area contributed by atoms with Crippen molar-refractivity contribution in [3.8, 4) is 0 Å². The average molecular weight is 368 g/mol. The molecular weight excluding hydrogens is 338 g/mol. The molecule has 1 aromatic rings. The molecular formula is C18H29N3O3S. The molecule has 140 valence electrons. The highest BCUT2D eigenvalue weighted by Gasteiger charge is 2.35. The Morgan fingerprint density at radius 3 is 2.52 bits per heavy atom. The van der Waals surface area contributed by atoms with E-state index in [1.807, 2.05) is 51.1 Å². The lowest BCUT2D eigenvalue weighted by Gasteiger charge is -2.34. The van der Waals surface area contributed by atoms with Gasteiger partial charge in [0.05, 0.1) is 12.0 Å². The number of carbonyl (C=O) groups excluding carboxylic acids is 1. The normalized spacial score (nSPS) is 20.4. The molecule has 1 amide bonds. The van der Waals surface area contributed by atoms with Gasteiger partial charge in [-0.15, -0.1) is 0 Å². The highest BCUT2D eigenvalue weighted by atomic mass is 32.2. The van der Waals surface area contributed by atoms with E-state index in [1.54, 1.807) is 0 Å². The zero-order chi connectivity index (χ0) is 18.4. The third kappa shape index (κ3) is 4.80. The van der Waals surface area contributed by atoms with Gasteiger partial charge >= 0.3 is 0 Å². The fraction of sp³-hybridized carbons (Fsp3) is 0.611. The van der Waals surface area contributed by atoms with E-state index in [0.717, 1.165) is 12.0 Å². The average Bonchev–Trinajstić information content (AvgIpc) is 2.63. The quantitative estimate of drug-likeness (QED) is 0.803. The maximum Gasteiger partial charge on any atom is 0.281 e. The molecule has 1 heterocycles. The van der Waals surface area contributed by atoms with Crippen LogP contribution in [-0.2, 0) is 15.0 Å². The van der Waals surface area contributed by atoms with Crippen molar-refractivity contribution in [2.24, 2.45) is 5.92 Å². The van der Waals surface area contributed by atoms with E-state index in [0.29, 0.717) is 26.1 Å². The molecule has 1 fully saturated rings. The van der Waals surface area contributed by atoms with Crippen molar-refractivity contribution in [1.82, 2.24) is 13.9 Å². The van der Waals surface area contributed by atoms with Crippen LogP contribution in [0.25, 0.3) is 0 Å². The van der Waals surface area contributed by atoms with E-state index >= 15 is 0 Å². The van der Waals surface area contributed by atoms with Gasteiger partial charge in [-0.1, -0.05) is 44.2 Å². The molecule has 1 aromatic carbocycles. The number of nitrogens with one attached hydrogen (secondary N) is 1. The van der Waals surface area contributed by atoms with Gasteiger partial charge in [0.1, 0.15) is 0 Å². The number of nitrogens with zero attached hydrogens (tertiary/aromatic N) is 2. The minimum Gasteiger partial charge on any atom is -0.349 e. The molecule has 0 unspecified atom stereocenters. The summed E-state index contributed by atoms with van der Waals surface area (Å²) >= 11 is 0. The number of hydrogen-bond acceptors (Lipinski definition) is 3. The molecule has 1 N–H and O–H groups in total. The number of rotatable bonds is 7. The summed E-state index contributed by atoms with van der Waals surface area (Å²) < 4.78 is 28.3. The molecule has 0 bridgehead atoms. The summed E-state index contributed by atoms with van der Waals surface area (Å²) in [4.78, 5) is 12.6. The summed E-state index contributed by atoms with van der Waals surface area (Å²) in [7, 11) is -3.48. The van der Waals surface area contributed by atoms with Crippen LogP contribution in [-0.4, -0.2) is 49.1 Å². The Kier molecular flexibility index (Phi) is 6.98. The first-order chi connectivity index (χ1) is 11.9. The Balaban J connectivity index is 2.02. The van der Waals surface area contributed by atoms with Crippen molar-refractivity contribution in [3.63, 3.8) is 0 Å². The molecule has 1 aliphatic heterocycles. The van der Waals surface area contributed by atoms with Crippen LogP contribution < -0.4 is 5.32 Å². The SMILES string of the molecule is CCN(CC)S(=O)(=O)N1CCC[C@H](C(=O)N[C@@H](C)c2ccccc2)C1. The van der Waals surface area contributed by atoms with E-state index in [-0.39, 0.29) is 24.4 Å². The highest BCUT2D eigenvalue weighted by Crippen LogP contribution is 2.22. The Labute approximate surface area is 151 Å². The summed E-state index contributed by atoms with van der Waals surface area (Å²) in [6, 6.07) is 9.68. The molecule has 0 aliphatic carbocycles. The van der Waals surface area contributed by atoms with E-state index < -0.39 is 10.2 Å². The van der Waals surface area contributed by atoms with E-state index in [9.17, 15) is 13.2 Å². The zero-order valence-electron chi connectivity index (χ0n) is 15.3. The molecule has 1 saturated heterocycles. The summed E-state index contributed by atoms with van der Waals surface area (Å²) in [5.41, 5.74) is 1.04. The largest absolute Gasteiger partial charge is 0.349 e. The number of hydrogen-bond donors (Lipinski definition) is 1. The van der Waals surface area contributed by atoms with E-state index in [2.05, 4.69) is 5.32 Å². The molecule has 1 aliphatic rings. The van der Waals surface area contributed by atoms with Gasteiger partial charge in [-0.25, -0.2) is 0 Å². The first kappa shape index (κ1) is 19.9. The predicted octanol–water partition coefficient (Wildman–Crippen LogP) is 2.16. The van der Waals surface area contributed by atoms with Crippen LogP contribution >= 0.6 is 0 Å². The smallest absolute Gasteiger partial charge is 0.281 e. The topological polar surface area (TPSA) is 69.7 Å². The van der Waals surface area contributed by atoms with Gasteiger partial charge in [-0.3, -0.25) is 4.79 Å². The molecule has 0 spiro atoms. The third-order valence-corrected chi connectivity index (χ3v) is 6.92. The standard InChI is InChI=1S/C18H29N3O3S/c1-4-20(5-2)25(23,24)21-13-9-12-17(14-21)18(22)19-15(3)16-10-7-6-8-11-16/h6-8,10-11,15,17H,4-5,9,12-14H2,1-3H3,(H,19,22)/t15-,17-/m0/s1. The first-order valence-corrected chi connectivity index (χ1v) is 10.4. The Morgan fingerprint density at radius 1 is 1.28 bits per heavy atom. The molecule has 2 rings (SSSR count). The molecule has 0 aromatic heterocycles. The zero-order valence-corrected chi connectivity index (χ0v) is 16.1. The lowest BCUT2D eigenvalue weighted by molar-refractivity contribution is -0.126. The predicted molar refractivity (Wildman–Crippen MR) is 99.1 cm³/mol. The van der Waals surface area contributed by atoms with Crippen LogP contribution in [0.1, 0.15) is 45.2 Å². The second-order valence-electron chi connectivity index (χ2n) is 6.43. The van der Waals surface area contributed by atoms with E-state index in [1.165, 1.54) is 8.61 Å². The van der Waals surface area contributed by atoms with Gasteiger partial charge in [0.2, 0.25) is 5.91 Å². The van der Waals surface area contributed by atoms with Crippen molar-refractivity contribution >= 4 is 16.1 Å². The van der Waals surface area contributed by atoms with Crippen molar-refractivity contribution in [3.05, 3.63) is 35.9 Å². The van der Waals surface area contributed by atoms with Crippen molar-refractivity contribution in [2.75, 3.05) is 26.2 Å². The Bertz CT molecular complexity index is 659. The highest BCUT2D eigenvalue weighted by molar-refractivity contribution is 7.86. The maximum absolute atomic E-state index is 12.7. The van der Waals surface area contributed by atoms with Crippen LogP contribution in [0.15, 0.2) is 30.3 Å². The van der Waals surface area contributed by atoms with Crippen LogP contribution in [0.3, 0.4) is 0 Å². The fourth-order valence-electron chi connectivity index (χ4n) is 3.24. The van der Waals surface area contributed by atoms with Gasteiger partial charge in [-0.2, -0.15) is 17.0 Å². The van der Waals surface area contributed by atoms with Crippen LogP contribution in [0.4, 0.5) is 0 Å². The van der Waals surface area contributed by atoms with Gasteiger partial charge in [0, 0.05) is 26.2 Å². The summed E-state index contributed by atoms with van der Waals surface area (Å²) in [6.07, 6.45) is 1.43. The molecule has 0 radical (unpaired) electrons. The van der Waals surface area contributed by atoms with E-state index in [4.69, 9.17) is 0 Å². The number of piperidine rings is 1. The fourth-order valence-corrected chi connectivity index (χ4v) is 4.94. The number of carbonyl (C=O) groups is 1. The molecule has 7 heteroatoms. The second-order valence-corrected chi connectivity index (χ2v) is 8.36. The first-order valence-electron chi connectivity index (χ1n) is 9.00. The molecule has 6 nitrogen and oxygen atoms in total. The van der Waals surface area contributed by atoms with Crippen molar-refractivity contribution in [2.45, 2.75) is 39.7 Å². The lowest BCUT2D eigenvalue weighted by Crippen LogP contribution is -2.50. The summed E-state index contributed by atoms with van der Waals surface area (Å²) in [6.45, 7) is 7.23. The summed E-state index contributed by atoms with van der Waals surface area (Å²) in [5.74, 6) is -0.374. The second kappa shape index (κ2) is 8.78. The molecule has 25 heavy (non-hydrogen) atoms. The van der Waals surface area contributed by atoms with Crippen LogP contribution in [0.5, 0.6) is 0 Å². The Hall–Kier alpha value is -1.44. The van der Waals surface area contributed by atoms with Crippen LogP contribution in [0, 0.1) is 5.92 Å². The van der Waals surface area contributed by atoms with Gasteiger partial charge in [-0.05, 0) is 25.3 Å². The van der Waals surface area contributed by atoms with Gasteiger partial charge in [0.15, 0.2) is 0 Å². The number of benzene rings is 1.